The highest BCUT2D eigenvalue weighted by Crippen LogP contribution is 2.32. The first-order valence-corrected chi connectivity index (χ1v) is 13.4. The highest BCUT2D eigenvalue weighted by Gasteiger charge is 2.26. The third-order valence-electron chi connectivity index (χ3n) is 6.20. The molecule has 1 aliphatic heterocycles. The molecule has 0 saturated heterocycles. The fourth-order valence-corrected chi connectivity index (χ4v) is 5.22. The van der Waals surface area contributed by atoms with Gasteiger partial charge >= 0.3 is 0 Å². The van der Waals surface area contributed by atoms with E-state index in [0.29, 0.717) is 18.2 Å². The lowest BCUT2D eigenvalue weighted by molar-refractivity contribution is -0.108. The predicted octanol–water partition coefficient (Wildman–Crippen LogP) is 4.86. The molecule has 2 aromatic heterocycles. The van der Waals surface area contributed by atoms with Gasteiger partial charge in [0.1, 0.15) is 6.29 Å². The smallest absolute Gasteiger partial charge is 0.278 e. The van der Waals surface area contributed by atoms with Crippen LogP contribution in [0, 0.1) is 12.8 Å². The number of hydrogen-bond acceptors (Lipinski definition) is 7. The molecule has 1 saturated carbocycles. The van der Waals surface area contributed by atoms with Crippen LogP contribution in [0.4, 0.5) is 8.78 Å². The van der Waals surface area contributed by atoms with Crippen LogP contribution >= 0.6 is 11.3 Å². The van der Waals surface area contributed by atoms with Crippen LogP contribution in [0.3, 0.4) is 0 Å². The van der Waals surface area contributed by atoms with E-state index in [2.05, 4.69) is 20.7 Å². The van der Waals surface area contributed by atoms with E-state index < -0.39 is 12.5 Å². The monoisotopic (exact) mass is 513 g/mol. The molecule has 0 amide bonds. The topological polar surface area (TPSA) is 86.3 Å². The van der Waals surface area contributed by atoms with Crippen molar-refractivity contribution in [2.75, 3.05) is 26.7 Å². The zero-order valence-electron chi connectivity index (χ0n) is 21.3. The maximum atomic E-state index is 12.9. The molecule has 1 aliphatic carbocycles. The Morgan fingerprint density at radius 3 is 2.63 bits per heavy atom. The largest absolute Gasteiger partial charge is 0.464 e. The van der Waals surface area contributed by atoms with Crippen LogP contribution in [0.5, 0.6) is 5.19 Å². The van der Waals surface area contributed by atoms with Gasteiger partial charge in [0, 0.05) is 49.7 Å². The quantitative estimate of drug-likeness (QED) is 0.482. The number of aryl methyl sites for hydroxylation is 2. The molecule has 1 fully saturated rings. The lowest BCUT2D eigenvalue weighted by Gasteiger charge is -2.29. The minimum absolute atomic E-state index is 0.394. The van der Waals surface area contributed by atoms with Gasteiger partial charge in [-0.2, -0.15) is 5.10 Å². The molecule has 7 nitrogen and oxygen atoms in total. The number of halogens is 2. The summed E-state index contributed by atoms with van der Waals surface area (Å²) in [6, 6.07) is 1.92. The Bertz CT molecular complexity index is 862. The van der Waals surface area contributed by atoms with Gasteiger partial charge in [-0.15, -0.1) is 0 Å². The molecule has 4 rings (SSSR count). The molecular formula is C25H41F2N5O2S. The van der Waals surface area contributed by atoms with Crippen molar-refractivity contribution in [1.82, 2.24) is 19.7 Å². The number of alkyl halides is 2. The number of fused-ring (bicyclic) bond motifs is 1. The Kier molecular flexibility index (Phi) is 12.8. The summed E-state index contributed by atoms with van der Waals surface area (Å²) in [6.45, 7) is 5.96. The summed E-state index contributed by atoms with van der Waals surface area (Å²) in [4.78, 5) is 18.0. The predicted molar refractivity (Wildman–Crippen MR) is 136 cm³/mol. The number of aromatic nitrogens is 3. The Morgan fingerprint density at radius 2 is 2.00 bits per heavy atom. The van der Waals surface area contributed by atoms with Crippen LogP contribution in [-0.2, 0) is 24.3 Å². The van der Waals surface area contributed by atoms with Crippen LogP contribution in [0.25, 0.3) is 0 Å². The lowest BCUT2D eigenvalue weighted by atomic mass is 9.87. The number of nitrogens with two attached hydrogens (primary N) is 1. The van der Waals surface area contributed by atoms with Crippen molar-refractivity contribution in [3.63, 3.8) is 0 Å². The normalized spacial score (nSPS) is 16.4. The van der Waals surface area contributed by atoms with E-state index in [-0.39, 0.29) is 0 Å². The van der Waals surface area contributed by atoms with Crippen LogP contribution in [-0.4, -0.2) is 58.6 Å². The third kappa shape index (κ3) is 10.7. The number of ether oxygens (including phenoxy) is 1. The second-order valence-electron chi connectivity index (χ2n) is 9.18. The van der Waals surface area contributed by atoms with Crippen molar-refractivity contribution in [3.8, 4) is 5.19 Å². The number of rotatable bonds is 9. The first-order chi connectivity index (χ1) is 16.8. The zero-order valence-corrected chi connectivity index (χ0v) is 22.2. The van der Waals surface area contributed by atoms with E-state index in [1.165, 1.54) is 61.8 Å². The summed E-state index contributed by atoms with van der Waals surface area (Å²) in [5, 5.41) is 4.41. The molecular weight excluding hydrogens is 472 g/mol. The van der Waals surface area contributed by atoms with Gasteiger partial charge in [-0.1, -0.05) is 43.4 Å². The Balaban J connectivity index is 0.000000302. The standard InChI is InChI=1S/C17H26F2N2OS.C7H10N2O.CH5N/c1-17(18,19)12-22-16-20-14-11-21(10-8-15(14)23-16)9-7-13-5-3-2-4-6-13;1-7-3-4-8-9(7)5-2-6-10;1-2/h13H,2-12H2,1H3;3-4,6H,2,5H2,1H3;2H2,1H3. The molecule has 0 bridgehead atoms. The highest BCUT2D eigenvalue weighted by molar-refractivity contribution is 7.13. The number of aldehydes is 1. The van der Waals surface area contributed by atoms with E-state index >= 15 is 0 Å². The number of thiazole rings is 1. The summed E-state index contributed by atoms with van der Waals surface area (Å²) in [5.41, 5.74) is 6.63. The van der Waals surface area contributed by atoms with Crippen LogP contribution in [0.15, 0.2) is 12.3 Å². The fourth-order valence-electron chi connectivity index (χ4n) is 4.32. The molecule has 2 aromatic rings. The minimum Gasteiger partial charge on any atom is -0.464 e. The second-order valence-corrected chi connectivity index (χ2v) is 10.2. The number of carbonyl (C=O) groups is 1. The van der Waals surface area contributed by atoms with Gasteiger partial charge in [0.25, 0.3) is 11.1 Å². The van der Waals surface area contributed by atoms with Gasteiger partial charge in [-0.05, 0) is 45.3 Å². The van der Waals surface area contributed by atoms with Gasteiger partial charge in [0.15, 0.2) is 6.61 Å². The molecule has 2 aliphatic rings. The van der Waals surface area contributed by atoms with Crippen molar-refractivity contribution in [3.05, 3.63) is 28.5 Å². The molecule has 2 N–H and O–H groups in total. The zero-order chi connectivity index (χ0) is 25.7. The summed E-state index contributed by atoms with van der Waals surface area (Å²) >= 11 is 1.43. The molecule has 0 radical (unpaired) electrons. The molecule has 0 unspecified atom stereocenters. The van der Waals surface area contributed by atoms with E-state index in [4.69, 9.17) is 4.74 Å². The van der Waals surface area contributed by atoms with Crippen LogP contribution in [0.1, 0.15) is 68.1 Å². The van der Waals surface area contributed by atoms with E-state index in [1.54, 1.807) is 6.20 Å². The summed E-state index contributed by atoms with van der Waals surface area (Å²) in [6.07, 6.45) is 12.4. The summed E-state index contributed by atoms with van der Waals surface area (Å²) < 4.78 is 32.7. The van der Waals surface area contributed by atoms with Crippen LogP contribution in [0.2, 0.25) is 0 Å². The summed E-state index contributed by atoms with van der Waals surface area (Å²) in [5.74, 6) is -1.91. The van der Waals surface area contributed by atoms with E-state index in [1.807, 2.05) is 17.7 Å². The van der Waals surface area contributed by atoms with E-state index in [0.717, 1.165) is 56.6 Å². The van der Waals surface area contributed by atoms with Crippen molar-refractivity contribution in [1.29, 1.82) is 0 Å². The molecule has 35 heavy (non-hydrogen) atoms. The summed E-state index contributed by atoms with van der Waals surface area (Å²) in [7, 11) is 1.50. The molecule has 3 heterocycles. The maximum Gasteiger partial charge on any atom is 0.278 e. The lowest BCUT2D eigenvalue weighted by Crippen LogP contribution is -2.32. The Labute approximate surface area is 212 Å². The van der Waals surface area contributed by atoms with Crippen molar-refractivity contribution in [2.24, 2.45) is 11.7 Å². The molecule has 198 valence electrons. The number of carbonyl (C=O) groups excluding carboxylic acids is 1. The third-order valence-corrected chi connectivity index (χ3v) is 7.27. The number of hydrogen-bond donors (Lipinski definition) is 1. The van der Waals surface area contributed by atoms with E-state index in [9.17, 15) is 13.6 Å². The van der Waals surface area contributed by atoms with Crippen molar-refractivity contribution < 1.29 is 18.3 Å². The average Bonchev–Trinajstić information content (AvgIpc) is 3.47. The van der Waals surface area contributed by atoms with Gasteiger partial charge in [0.05, 0.1) is 5.69 Å². The first kappa shape index (κ1) is 29.3. The molecule has 0 aromatic carbocycles. The van der Waals surface area contributed by atoms with Gasteiger partial charge in [-0.25, -0.2) is 13.8 Å². The van der Waals surface area contributed by atoms with Gasteiger partial charge in [-0.3, -0.25) is 9.58 Å². The Hall–Kier alpha value is -1.91. The fraction of sp³-hybridized carbons (Fsp3) is 0.720. The van der Waals surface area contributed by atoms with Gasteiger partial charge < -0.3 is 15.3 Å². The van der Waals surface area contributed by atoms with Crippen molar-refractivity contribution in [2.45, 2.75) is 84.2 Å². The highest BCUT2D eigenvalue weighted by atomic mass is 32.1. The van der Waals surface area contributed by atoms with Crippen molar-refractivity contribution >= 4 is 17.6 Å². The Morgan fingerprint density at radius 1 is 1.26 bits per heavy atom. The van der Waals surface area contributed by atoms with Gasteiger partial charge in [0.2, 0.25) is 0 Å². The average molecular weight is 514 g/mol. The molecule has 0 atom stereocenters. The SMILES string of the molecule is CC(F)(F)COc1nc2c(s1)CCN(CCC1CCCCC1)C2.CN.Cc1ccnn1CCC=O. The minimum atomic E-state index is -2.81. The maximum absolute atomic E-state index is 12.9. The number of nitrogens with zero attached hydrogens (tertiary/aromatic N) is 4. The second kappa shape index (κ2) is 15.3. The van der Waals surface area contributed by atoms with Crippen LogP contribution < -0.4 is 10.5 Å². The molecule has 0 spiro atoms. The first-order valence-electron chi connectivity index (χ1n) is 12.6. The molecule has 10 heteroatoms.